The Bertz CT molecular complexity index is 1410. The average Bonchev–Trinajstić information content (AvgIpc) is 3.47. The second-order valence-electron chi connectivity index (χ2n) is 13.1. The molecule has 0 bridgehead atoms. The molecule has 0 unspecified atom stereocenters. The number of rotatable bonds is 14. The number of fused-ring (bicyclic) bond motifs is 3. The molecule has 0 aromatic heterocycles. The summed E-state index contributed by atoms with van der Waals surface area (Å²) in [6.07, 6.45) is 14.4. The van der Waals surface area contributed by atoms with Crippen LogP contribution in [0.15, 0.2) is 59.6 Å². The van der Waals surface area contributed by atoms with E-state index in [0.717, 1.165) is 72.3 Å². The van der Waals surface area contributed by atoms with Crippen LogP contribution in [0.4, 0.5) is 5.69 Å². The molecule has 44 heavy (non-hydrogen) atoms. The highest BCUT2D eigenvalue weighted by Gasteiger charge is 2.31. The molecular weight excluding hydrogens is 544 g/mol. The van der Waals surface area contributed by atoms with E-state index >= 15 is 0 Å². The summed E-state index contributed by atoms with van der Waals surface area (Å²) < 4.78 is 6.23. The van der Waals surface area contributed by atoms with Crippen LogP contribution >= 0.6 is 0 Å². The van der Waals surface area contributed by atoms with E-state index in [1.807, 2.05) is 17.2 Å². The quantitative estimate of drug-likeness (QED) is 0.179. The molecule has 1 amide bonds. The van der Waals surface area contributed by atoms with E-state index in [9.17, 15) is 4.79 Å². The molecule has 0 N–H and O–H groups in total. The van der Waals surface area contributed by atoms with E-state index < -0.39 is 0 Å². The molecule has 1 atom stereocenters. The van der Waals surface area contributed by atoms with Crippen molar-refractivity contribution in [3.8, 4) is 5.75 Å². The summed E-state index contributed by atoms with van der Waals surface area (Å²) in [4.78, 5) is 25.1. The van der Waals surface area contributed by atoms with Gasteiger partial charge in [0, 0.05) is 45.5 Å². The molecule has 0 saturated carbocycles. The van der Waals surface area contributed by atoms with Crippen molar-refractivity contribution < 1.29 is 9.53 Å². The van der Waals surface area contributed by atoms with Crippen molar-refractivity contribution in [2.24, 2.45) is 4.99 Å². The third-order valence-corrected chi connectivity index (χ3v) is 9.76. The Kier molecular flexibility index (Phi) is 10.6. The largest absolute Gasteiger partial charge is 0.493 e. The third kappa shape index (κ3) is 7.89. The molecule has 2 saturated heterocycles. The van der Waals surface area contributed by atoms with Gasteiger partial charge in [-0.3, -0.25) is 14.7 Å². The highest BCUT2D eigenvalue weighted by molar-refractivity contribution is 6.06. The average molecular weight is 595 g/mol. The molecule has 2 fully saturated rings. The van der Waals surface area contributed by atoms with Crippen LogP contribution in [0, 0.1) is 6.92 Å². The molecule has 3 heterocycles. The first-order valence-corrected chi connectivity index (χ1v) is 17.2. The first-order valence-electron chi connectivity index (χ1n) is 17.2. The van der Waals surface area contributed by atoms with E-state index in [0.29, 0.717) is 0 Å². The van der Waals surface area contributed by atoms with Gasteiger partial charge in [-0.2, -0.15) is 0 Å². The highest BCUT2D eigenvalue weighted by atomic mass is 16.5. The number of benzene rings is 3. The highest BCUT2D eigenvalue weighted by Crippen LogP contribution is 2.35. The number of amides is 1. The summed E-state index contributed by atoms with van der Waals surface area (Å²) in [5, 5.41) is 2.16. The number of carbonyl (C=O) groups is 1. The van der Waals surface area contributed by atoms with Crippen molar-refractivity contribution >= 4 is 28.6 Å². The number of aliphatic imine (C=N–C) groups is 1. The fourth-order valence-corrected chi connectivity index (χ4v) is 7.08. The van der Waals surface area contributed by atoms with Gasteiger partial charge in [0.25, 0.3) is 5.91 Å². The summed E-state index contributed by atoms with van der Waals surface area (Å²) in [6, 6.07) is 19.4. The van der Waals surface area contributed by atoms with Crippen LogP contribution in [0.1, 0.15) is 85.7 Å². The smallest absolute Gasteiger partial charge is 0.256 e. The van der Waals surface area contributed by atoms with Crippen molar-refractivity contribution in [2.75, 3.05) is 45.9 Å². The number of aryl methyl sites for hydroxylation is 1. The van der Waals surface area contributed by atoms with Gasteiger partial charge in [-0.25, -0.2) is 0 Å². The molecule has 6 rings (SSSR count). The minimum absolute atomic E-state index is 0.115. The Morgan fingerprint density at radius 3 is 2.30 bits per heavy atom. The van der Waals surface area contributed by atoms with Gasteiger partial charge in [-0.1, -0.05) is 68.9 Å². The Labute approximate surface area is 264 Å². The maximum absolute atomic E-state index is 13.2. The zero-order valence-corrected chi connectivity index (χ0v) is 26.7. The lowest BCUT2D eigenvalue weighted by Gasteiger charge is -2.34. The van der Waals surface area contributed by atoms with Gasteiger partial charge < -0.3 is 14.5 Å². The predicted octanol–water partition coefficient (Wildman–Crippen LogP) is 7.79. The third-order valence-electron chi connectivity index (χ3n) is 9.76. The molecule has 6 heteroatoms. The van der Waals surface area contributed by atoms with Crippen LogP contribution in [0.3, 0.4) is 0 Å². The Morgan fingerprint density at radius 2 is 1.50 bits per heavy atom. The van der Waals surface area contributed by atoms with E-state index in [-0.39, 0.29) is 11.9 Å². The standard InChI is InChI=1S/C38H50N4O2/c1-30-24-32-25-35-36(39-28-34-16-13-18-42(34)38(35)43)26-33(32)27-37(30)44-23-12-7-5-3-2-4-6-11-17-40-19-21-41(22-20-40)29-31-14-9-8-10-15-31/h8-10,14-15,24-28,34H,2-7,11-13,16-23,29H2,1H3/t34-/m0/s1. The zero-order valence-electron chi connectivity index (χ0n) is 26.7. The number of hydrogen-bond donors (Lipinski definition) is 0. The molecule has 3 aliphatic rings. The summed E-state index contributed by atoms with van der Waals surface area (Å²) in [6.45, 7) is 10.8. The van der Waals surface area contributed by atoms with Crippen molar-refractivity contribution in [3.63, 3.8) is 0 Å². The minimum atomic E-state index is 0.115. The van der Waals surface area contributed by atoms with E-state index in [1.54, 1.807) is 0 Å². The number of ether oxygens (including phenoxy) is 1. The molecule has 0 spiro atoms. The molecule has 6 nitrogen and oxygen atoms in total. The fraction of sp³-hybridized carbons (Fsp3) is 0.526. The number of piperazine rings is 1. The van der Waals surface area contributed by atoms with Crippen molar-refractivity contribution in [3.05, 3.63) is 71.3 Å². The minimum Gasteiger partial charge on any atom is -0.493 e. The monoisotopic (exact) mass is 594 g/mol. The fourth-order valence-electron chi connectivity index (χ4n) is 7.08. The lowest BCUT2D eigenvalue weighted by Crippen LogP contribution is -2.46. The van der Waals surface area contributed by atoms with Crippen molar-refractivity contribution in [1.82, 2.24) is 14.7 Å². The molecule has 3 aliphatic heterocycles. The zero-order chi connectivity index (χ0) is 30.1. The number of unbranched alkanes of at least 4 members (excludes halogenated alkanes) is 7. The first-order chi connectivity index (χ1) is 21.6. The normalized spacial score (nSPS) is 18.9. The van der Waals surface area contributed by atoms with Crippen LogP contribution in [0.2, 0.25) is 0 Å². The number of hydrogen-bond acceptors (Lipinski definition) is 5. The Morgan fingerprint density at radius 1 is 0.795 bits per heavy atom. The van der Waals surface area contributed by atoms with E-state index in [4.69, 9.17) is 9.73 Å². The first kappa shape index (κ1) is 30.8. The Balaban J connectivity index is 0.832. The second kappa shape index (κ2) is 15.2. The Hall–Kier alpha value is -3.22. The van der Waals surface area contributed by atoms with Gasteiger partial charge in [0.1, 0.15) is 5.75 Å². The van der Waals surface area contributed by atoms with Crippen LogP contribution in [-0.4, -0.2) is 78.7 Å². The van der Waals surface area contributed by atoms with Crippen LogP contribution in [0.25, 0.3) is 10.8 Å². The van der Waals surface area contributed by atoms with Gasteiger partial charge in [0.15, 0.2) is 0 Å². The van der Waals surface area contributed by atoms with Crippen LogP contribution in [-0.2, 0) is 6.54 Å². The van der Waals surface area contributed by atoms with Gasteiger partial charge >= 0.3 is 0 Å². The summed E-state index contributed by atoms with van der Waals surface area (Å²) in [7, 11) is 0. The van der Waals surface area contributed by atoms with Gasteiger partial charge in [-0.05, 0) is 85.3 Å². The summed E-state index contributed by atoms with van der Waals surface area (Å²) >= 11 is 0. The second-order valence-corrected chi connectivity index (χ2v) is 13.1. The summed E-state index contributed by atoms with van der Waals surface area (Å²) in [5.41, 5.74) is 4.05. The maximum Gasteiger partial charge on any atom is 0.256 e. The lowest BCUT2D eigenvalue weighted by molar-refractivity contribution is 0.0775. The molecule has 0 aliphatic carbocycles. The molecule has 234 valence electrons. The SMILES string of the molecule is Cc1cc2cc3c(cc2cc1OCCCCCCCCCCN1CCN(Cc2ccccc2)CC1)N=C[C@@H]1CCCN1C3=O. The van der Waals surface area contributed by atoms with Crippen LogP contribution in [0.5, 0.6) is 5.75 Å². The summed E-state index contributed by atoms with van der Waals surface area (Å²) in [5.74, 6) is 1.06. The predicted molar refractivity (Wildman–Crippen MR) is 181 cm³/mol. The molecular formula is C38H50N4O2. The molecule has 3 aromatic rings. The number of carbonyl (C=O) groups excluding carboxylic acids is 1. The van der Waals surface area contributed by atoms with Gasteiger partial charge in [-0.15, -0.1) is 0 Å². The van der Waals surface area contributed by atoms with Gasteiger partial charge in [0.2, 0.25) is 0 Å². The van der Waals surface area contributed by atoms with Crippen molar-refractivity contribution in [1.29, 1.82) is 0 Å². The van der Waals surface area contributed by atoms with Crippen LogP contribution < -0.4 is 4.74 Å². The topological polar surface area (TPSA) is 48.4 Å². The molecule has 0 radical (unpaired) electrons. The number of nitrogens with zero attached hydrogens (tertiary/aromatic N) is 4. The molecule has 3 aromatic carbocycles. The van der Waals surface area contributed by atoms with E-state index in [1.165, 1.54) is 83.2 Å². The van der Waals surface area contributed by atoms with Crippen molar-refractivity contribution in [2.45, 2.75) is 83.7 Å². The maximum atomic E-state index is 13.2. The van der Waals surface area contributed by atoms with E-state index in [2.05, 4.69) is 65.3 Å². The van der Waals surface area contributed by atoms with Gasteiger partial charge in [0.05, 0.1) is 23.9 Å². The lowest BCUT2D eigenvalue weighted by atomic mass is 10.0.